The highest BCUT2D eigenvalue weighted by Crippen LogP contribution is 2.40. The van der Waals surface area contributed by atoms with Crippen molar-refractivity contribution in [3.8, 4) is 6.07 Å². The summed E-state index contributed by atoms with van der Waals surface area (Å²) in [5.41, 5.74) is -0.731. The Morgan fingerprint density at radius 3 is 2.53 bits per heavy atom. The normalized spacial score (nSPS) is 18.7. The van der Waals surface area contributed by atoms with Crippen molar-refractivity contribution < 1.29 is 31.2 Å². The van der Waals surface area contributed by atoms with Crippen LogP contribution in [0, 0.1) is 11.3 Å². The number of nitriles is 1. The minimum absolute atomic E-state index is 0.0119. The number of amides is 3. The van der Waals surface area contributed by atoms with E-state index in [1.165, 1.54) is 18.2 Å². The van der Waals surface area contributed by atoms with Gasteiger partial charge >= 0.3 is 12.2 Å². The molecule has 2 heterocycles. The average Bonchev–Trinajstić information content (AvgIpc) is 2.77. The first-order chi connectivity index (χ1) is 15.9. The fraction of sp³-hybridized carbons (Fsp3) is 0.227. The van der Waals surface area contributed by atoms with Crippen LogP contribution in [0.25, 0.3) is 0 Å². The second-order valence-corrected chi connectivity index (χ2v) is 9.75. The van der Waals surface area contributed by atoms with Crippen molar-refractivity contribution in [3.63, 3.8) is 0 Å². The number of hydrogen-bond donors (Lipinski definition) is 2. The summed E-state index contributed by atoms with van der Waals surface area (Å²) < 4.78 is 64.7. The lowest BCUT2D eigenvalue weighted by molar-refractivity contribution is -0.137. The van der Waals surface area contributed by atoms with E-state index in [-0.39, 0.29) is 45.9 Å². The molecule has 1 unspecified atom stereocenters. The zero-order chi connectivity index (χ0) is 24.8. The number of benzene rings is 2. The number of sulfone groups is 1. The maximum absolute atomic E-state index is 13.3. The molecule has 2 aliphatic rings. The molecule has 0 radical (unpaired) electrons. The van der Waals surface area contributed by atoms with Crippen LogP contribution in [0.3, 0.4) is 0 Å². The Balaban J connectivity index is 1.92. The zero-order valence-electron chi connectivity index (χ0n) is 17.6. The standard InChI is InChI=1S/C22H17F3N4O4S/c1-34(32,33)17-9-12(11-26)5-6-15(17)19-18-16(7-8-27-20(18)30)29(21(31)28-19)14-4-2-3-13(10-14)22(23,24)25/h2-6,9-10,19H,7-8H2,1H3,(H,27,30)(H,28,31). The summed E-state index contributed by atoms with van der Waals surface area (Å²) in [7, 11) is -3.87. The topological polar surface area (TPSA) is 119 Å². The molecule has 0 spiro atoms. The van der Waals surface area contributed by atoms with Crippen LogP contribution in [0.2, 0.25) is 0 Å². The lowest BCUT2D eigenvalue weighted by Gasteiger charge is -2.39. The first kappa shape index (κ1) is 23.3. The molecular weight excluding hydrogens is 473 g/mol. The van der Waals surface area contributed by atoms with Gasteiger partial charge in [-0.05, 0) is 35.9 Å². The van der Waals surface area contributed by atoms with E-state index in [1.807, 2.05) is 6.07 Å². The molecule has 0 bridgehead atoms. The molecule has 0 aromatic heterocycles. The molecular formula is C22H17F3N4O4S. The Kier molecular flexibility index (Phi) is 5.61. The van der Waals surface area contributed by atoms with E-state index in [4.69, 9.17) is 5.26 Å². The van der Waals surface area contributed by atoms with Crippen LogP contribution in [0.4, 0.5) is 23.7 Å². The van der Waals surface area contributed by atoms with E-state index >= 15 is 0 Å². The van der Waals surface area contributed by atoms with E-state index in [0.717, 1.165) is 35.4 Å². The van der Waals surface area contributed by atoms with Gasteiger partial charge < -0.3 is 10.6 Å². The van der Waals surface area contributed by atoms with E-state index in [9.17, 15) is 31.2 Å². The lowest BCUT2D eigenvalue weighted by atomic mass is 9.90. The molecule has 2 aromatic carbocycles. The molecule has 0 aliphatic carbocycles. The van der Waals surface area contributed by atoms with Gasteiger partial charge in [0.05, 0.1) is 39.4 Å². The number of carbonyl (C=O) groups excluding carboxylic acids is 2. The van der Waals surface area contributed by atoms with E-state index in [2.05, 4.69) is 10.6 Å². The summed E-state index contributed by atoms with van der Waals surface area (Å²) in [4.78, 5) is 26.8. The van der Waals surface area contributed by atoms with E-state index in [1.54, 1.807) is 0 Å². The number of urea groups is 1. The van der Waals surface area contributed by atoms with Gasteiger partial charge in [-0.1, -0.05) is 12.1 Å². The molecule has 8 nitrogen and oxygen atoms in total. The maximum Gasteiger partial charge on any atom is 0.416 e. The Hall–Kier alpha value is -3.85. The first-order valence-electron chi connectivity index (χ1n) is 9.95. The number of carbonyl (C=O) groups is 2. The number of hydrogen-bond acceptors (Lipinski definition) is 5. The van der Waals surface area contributed by atoms with Gasteiger partial charge in [0.15, 0.2) is 9.84 Å². The molecule has 2 aliphatic heterocycles. The molecule has 0 saturated carbocycles. The lowest BCUT2D eigenvalue weighted by Crippen LogP contribution is -2.52. The van der Waals surface area contributed by atoms with E-state index < -0.39 is 39.6 Å². The summed E-state index contributed by atoms with van der Waals surface area (Å²) in [6, 6.07) is 7.83. The molecule has 2 N–H and O–H groups in total. The number of nitrogens with one attached hydrogen (secondary N) is 2. The van der Waals surface area contributed by atoms with Gasteiger partial charge in [0.1, 0.15) is 0 Å². The van der Waals surface area contributed by atoms with Crippen LogP contribution < -0.4 is 15.5 Å². The molecule has 4 rings (SSSR count). The second kappa shape index (κ2) is 8.18. The van der Waals surface area contributed by atoms with Crippen LogP contribution in [0.5, 0.6) is 0 Å². The average molecular weight is 490 g/mol. The highest BCUT2D eigenvalue weighted by Gasteiger charge is 2.41. The third-order valence-corrected chi connectivity index (χ3v) is 6.67. The SMILES string of the molecule is CS(=O)(=O)c1cc(C#N)ccc1C1NC(=O)N(c2cccc(C(F)(F)F)c2)C2=C1C(=O)NCC2. The number of nitrogens with zero attached hydrogens (tertiary/aromatic N) is 2. The van der Waals surface area contributed by atoms with Crippen LogP contribution in [0.1, 0.15) is 29.2 Å². The van der Waals surface area contributed by atoms with Crippen molar-refractivity contribution in [1.82, 2.24) is 10.6 Å². The van der Waals surface area contributed by atoms with Gasteiger partial charge in [0.25, 0.3) is 5.91 Å². The summed E-state index contributed by atoms with van der Waals surface area (Å²) in [5, 5.41) is 14.4. The zero-order valence-corrected chi connectivity index (χ0v) is 18.4. The van der Waals surface area contributed by atoms with Crippen LogP contribution in [-0.2, 0) is 20.8 Å². The molecule has 0 saturated heterocycles. The van der Waals surface area contributed by atoms with E-state index in [0.29, 0.717) is 0 Å². The fourth-order valence-corrected chi connectivity index (χ4v) is 5.01. The van der Waals surface area contributed by atoms with Crippen LogP contribution in [-0.4, -0.2) is 33.2 Å². The Bertz CT molecular complexity index is 1390. The monoisotopic (exact) mass is 490 g/mol. The molecule has 0 fully saturated rings. The van der Waals surface area contributed by atoms with Crippen molar-refractivity contribution in [2.24, 2.45) is 0 Å². The van der Waals surface area contributed by atoms with Gasteiger partial charge in [-0.2, -0.15) is 18.4 Å². The van der Waals surface area contributed by atoms with Crippen molar-refractivity contribution in [3.05, 3.63) is 70.4 Å². The van der Waals surface area contributed by atoms with Gasteiger partial charge in [0.2, 0.25) is 0 Å². The molecule has 3 amide bonds. The van der Waals surface area contributed by atoms with Crippen molar-refractivity contribution in [2.45, 2.75) is 23.5 Å². The quantitative estimate of drug-likeness (QED) is 0.686. The minimum atomic E-state index is -4.64. The summed E-state index contributed by atoms with van der Waals surface area (Å²) in [6.45, 7) is 0.138. The Morgan fingerprint density at radius 1 is 1.15 bits per heavy atom. The Labute approximate surface area is 192 Å². The van der Waals surface area contributed by atoms with Gasteiger partial charge in [-0.15, -0.1) is 0 Å². The van der Waals surface area contributed by atoms with Crippen LogP contribution in [0.15, 0.2) is 58.6 Å². The van der Waals surface area contributed by atoms with Crippen molar-refractivity contribution in [2.75, 3.05) is 17.7 Å². The number of rotatable bonds is 3. The predicted octanol–water partition coefficient (Wildman–Crippen LogP) is 3.03. The highest BCUT2D eigenvalue weighted by molar-refractivity contribution is 7.90. The van der Waals surface area contributed by atoms with Crippen molar-refractivity contribution in [1.29, 1.82) is 5.26 Å². The number of anilines is 1. The molecule has 2 aromatic rings. The number of halogens is 3. The van der Waals surface area contributed by atoms with Crippen LogP contribution >= 0.6 is 0 Å². The second-order valence-electron chi connectivity index (χ2n) is 7.77. The summed E-state index contributed by atoms with van der Waals surface area (Å²) >= 11 is 0. The minimum Gasteiger partial charge on any atom is -0.352 e. The highest BCUT2D eigenvalue weighted by atomic mass is 32.2. The van der Waals surface area contributed by atoms with Gasteiger partial charge in [-0.25, -0.2) is 13.2 Å². The Morgan fingerprint density at radius 2 is 1.88 bits per heavy atom. The predicted molar refractivity (Wildman–Crippen MR) is 114 cm³/mol. The van der Waals surface area contributed by atoms with Gasteiger partial charge in [0, 0.05) is 24.9 Å². The largest absolute Gasteiger partial charge is 0.416 e. The number of alkyl halides is 3. The maximum atomic E-state index is 13.3. The van der Waals surface area contributed by atoms with Crippen molar-refractivity contribution >= 4 is 27.5 Å². The smallest absolute Gasteiger partial charge is 0.352 e. The summed E-state index contributed by atoms with van der Waals surface area (Å²) in [6.07, 6.45) is -3.58. The third kappa shape index (κ3) is 4.10. The fourth-order valence-electron chi connectivity index (χ4n) is 4.06. The first-order valence-corrected chi connectivity index (χ1v) is 11.8. The molecule has 1 atom stereocenters. The third-order valence-electron chi connectivity index (χ3n) is 5.52. The molecule has 12 heteroatoms. The van der Waals surface area contributed by atoms with Gasteiger partial charge in [-0.3, -0.25) is 9.69 Å². The summed E-state index contributed by atoms with van der Waals surface area (Å²) in [5.74, 6) is -0.591. The molecule has 34 heavy (non-hydrogen) atoms. The molecule has 176 valence electrons.